The molecule has 0 bridgehead atoms. The van der Waals surface area contributed by atoms with Gasteiger partial charge in [-0.2, -0.15) is 0 Å². The second-order valence-corrected chi connectivity index (χ2v) is 6.19. The lowest BCUT2D eigenvalue weighted by Crippen LogP contribution is -2.44. The summed E-state index contributed by atoms with van der Waals surface area (Å²) in [5.41, 5.74) is 1.64. The first-order chi connectivity index (χ1) is 8.87. The first-order valence-corrected chi connectivity index (χ1v) is 7.03. The van der Waals surface area contributed by atoms with Crippen molar-refractivity contribution in [3.63, 3.8) is 0 Å². The summed E-state index contributed by atoms with van der Waals surface area (Å²) < 4.78 is 19.3. The Morgan fingerprint density at radius 1 is 1.42 bits per heavy atom. The monoisotopic (exact) mass is 265 g/mol. The number of rotatable bonds is 3. The summed E-state index contributed by atoms with van der Waals surface area (Å²) in [7, 11) is 0. The smallest absolute Gasteiger partial charge is 0.126 e. The fraction of sp³-hybridized carbons (Fsp3) is 0.625. The molecule has 1 aliphatic heterocycles. The molecular formula is C16H24FNO. The molecular weight excluding hydrogens is 241 g/mol. The van der Waals surface area contributed by atoms with Gasteiger partial charge < -0.3 is 10.1 Å². The van der Waals surface area contributed by atoms with Crippen LogP contribution in [0.5, 0.6) is 0 Å². The van der Waals surface area contributed by atoms with Crippen molar-refractivity contribution in [1.82, 2.24) is 5.32 Å². The molecule has 2 nitrogen and oxygen atoms in total. The SMILES string of the molecule is Cc1ccc(C(C)NC2CCOC(C)(C)C2)cc1F. The number of ether oxygens (including phenoxy) is 1. The molecule has 0 spiro atoms. The lowest BCUT2D eigenvalue weighted by atomic mass is 9.93. The Kier molecular flexibility index (Phi) is 4.26. The molecule has 2 unspecified atom stereocenters. The number of halogens is 1. The lowest BCUT2D eigenvalue weighted by molar-refractivity contribution is -0.0640. The molecule has 2 atom stereocenters. The molecule has 1 aromatic rings. The van der Waals surface area contributed by atoms with Gasteiger partial charge in [-0.15, -0.1) is 0 Å². The van der Waals surface area contributed by atoms with Crippen molar-refractivity contribution in [3.05, 3.63) is 35.1 Å². The molecule has 1 N–H and O–H groups in total. The molecule has 0 saturated carbocycles. The van der Waals surface area contributed by atoms with Crippen molar-refractivity contribution in [1.29, 1.82) is 0 Å². The Bertz CT molecular complexity index is 444. The summed E-state index contributed by atoms with van der Waals surface area (Å²) in [5, 5.41) is 3.59. The van der Waals surface area contributed by atoms with Gasteiger partial charge >= 0.3 is 0 Å². The second-order valence-electron chi connectivity index (χ2n) is 6.19. The van der Waals surface area contributed by atoms with E-state index in [4.69, 9.17) is 4.74 Å². The predicted molar refractivity (Wildman–Crippen MR) is 75.7 cm³/mol. The fourth-order valence-electron chi connectivity index (χ4n) is 2.70. The first kappa shape index (κ1) is 14.5. The van der Waals surface area contributed by atoms with E-state index in [-0.39, 0.29) is 17.5 Å². The summed E-state index contributed by atoms with van der Waals surface area (Å²) in [6.07, 6.45) is 2.01. The van der Waals surface area contributed by atoms with Crippen LogP contribution in [-0.4, -0.2) is 18.2 Å². The second kappa shape index (κ2) is 5.59. The summed E-state index contributed by atoms with van der Waals surface area (Å²) >= 11 is 0. The average Bonchev–Trinajstić information content (AvgIpc) is 2.31. The molecule has 1 aliphatic rings. The van der Waals surface area contributed by atoms with Gasteiger partial charge in [0, 0.05) is 18.7 Å². The van der Waals surface area contributed by atoms with Crippen LogP contribution in [0.4, 0.5) is 4.39 Å². The maximum absolute atomic E-state index is 13.6. The van der Waals surface area contributed by atoms with Crippen molar-refractivity contribution in [2.24, 2.45) is 0 Å². The van der Waals surface area contributed by atoms with Crippen LogP contribution in [0.25, 0.3) is 0 Å². The van der Waals surface area contributed by atoms with Crippen LogP contribution < -0.4 is 5.32 Å². The average molecular weight is 265 g/mol. The molecule has 1 aromatic carbocycles. The van der Waals surface area contributed by atoms with Crippen LogP contribution in [0, 0.1) is 12.7 Å². The van der Waals surface area contributed by atoms with Gasteiger partial charge in [-0.25, -0.2) is 4.39 Å². The first-order valence-electron chi connectivity index (χ1n) is 7.03. The van der Waals surface area contributed by atoms with E-state index in [0.717, 1.165) is 25.0 Å². The maximum Gasteiger partial charge on any atom is 0.126 e. The highest BCUT2D eigenvalue weighted by atomic mass is 19.1. The van der Waals surface area contributed by atoms with Crippen LogP contribution in [0.15, 0.2) is 18.2 Å². The number of hydrogen-bond donors (Lipinski definition) is 1. The molecule has 0 amide bonds. The Labute approximate surface area is 115 Å². The highest BCUT2D eigenvalue weighted by Crippen LogP contribution is 2.26. The Morgan fingerprint density at radius 2 is 2.16 bits per heavy atom. The van der Waals surface area contributed by atoms with E-state index in [1.807, 2.05) is 12.1 Å². The molecule has 106 valence electrons. The van der Waals surface area contributed by atoms with Gasteiger partial charge in [0.05, 0.1) is 5.60 Å². The van der Waals surface area contributed by atoms with Gasteiger partial charge in [0.25, 0.3) is 0 Å². The number of aryl methyl sites for hydroxylation is 1. The van der Waals surface area contributed by atoms with E-state index < -0.39 is 0 Å². The molecule has 1 saturated heterocycles. The standard InChI is InChI=1S/C16H24FNO/c1-11-5-6-13(9-15(11)17)12(2)18-14-7-8-19-16(3,4)10-14/h5-6,9,12,14,18H,7-8,10H2,1-4H3. The summed E-state index contributed by atoms with van der Waals surface area (Å²) in [6, 6.07) is 6.08. The summed E-state index contributed by atoms with van der Waals surface area (Å²) in [6.45, 7) is 8.92. The topological polar surface area (TPSA) is 21.3 Å². The molecule has 1 fully saturated rings. The molecule has 2 rings (SSSR count). The van der Waals surface area contributed by atoms with Crippen LogP contribution in [0.2, 0.25) is 0 Å². The van der Waals surface area contributed by atoms with E-state index in [0.29, 0.717) is 11.6 Å². The van der Waals surface area contributed by atoms with Crippen LogP contribution in [0.3, 0.4) is 0 Å². The van der Waals surface area contributed by atoms with Crippen molar-refractivity contribution in [3.8, 4) is 0 Å². The Balaban J connectivity index is 2.00. The molecule has 0 aromatic heterocycles. The third-order valence-electron chi connectivity index (χ3n) is 3.88. The van der Waals surface area contributed by atoms with E-state index in [1.54, 1.807) is 13.0 Å². The van der Waals surface area contributed by atoms with Crippen LogP contribution >= 0.6 is 0 Å². The normalized spacial score (nSPS) is 24.2. The Hall–Kier alpha value is -0.930. The number of benzene rings is 1. The third-order valence-corrected chi connectivity index (χ3v) is 3.88. The molecule has 0 radical (unpaired) electrons. The van der Waals surface area contributed by atoms with Gasteiger partial charge in [0.2, 0.25) is 0 Å². The zero-order valence-corrected chi connectivity index (χ0v) is 12.3. The van der Waals surface area contributed by atoms with Crippen LogP contribution in [-0.2, 0) is 4.74 Å². The minimum atomic E-state index is -0.126. The minimum Gasteiger partial charge on any atom is -0.375 e. The van der Waals surface area contributed by atoms with Crippen LogP contribution in [0.1, 0.15) is 50.8 Å². The predicted octanol–water partition coefficient (Wildman–Crippen LogP) is 3.74. The van der Waals surface area contributed by atoms with Gasteiger partial charge in [0.15, 0.2) is 0 Å². The highest BCUT2D eigenvalue weighted by Gasteiger charge is 2.29. The van der Waals surface area contributed by atoms with E-state index in [9.17, 15) is 4.39 Å². The quantitative estimate of drug-likeness (QED) is 0.899. The molecule has 1 heterocycles. The van der Waals surface area contributed by atoms with Crippen molar-refractivity contribution in [2.45, 2.75) is 58.2 Å². The molecule has 0 aliphatic carbocycles. The maximum atomic E-state index is 13.6. The van der Waals surface area contributed by atoms with Crippen molar-refractivity contribution >= 4 is 0 Å². The van der Waals surface area contributed by atoms with E-state index >= 15 is 0 Å². The van der Waals surface area contributed by atoms with E-state index in [2.05, 4.69) is 26.1 Å². The fourth-order valence-corrected chi connectivity index (χ4v) is 2.70. The third kappa shape index (κ3) is 3.77. The number of nitrogens with one attached hydrogen (secondary N) is 1. The Morgan fingerprint density at radius 3 is 2.79 bits per heavy atom. The van der Waals surface area contributed by atoms with Gasteiger partial charge in [-0.3, -0.25) is 0 Å². The van der Waals surface area contributed by atoms with Gasteiger partial charge in [0.1, 0.15) is 5.82 Å². The summed E-state index contributed by atoms with van der Waals surface area (Å²) in [5.74, 6) is -0.126. The van der Waals surface area contributed by atoms with Gasteiger partial charge in [-0.1, -0.05) is 12.1 Å². The highest BCUT2D eigenvalue weighted by molar-refractivity contribution is 5.25. The number of hydrogen-bond acceptors (Lipinski definition) is 2. The van der Waals surface area contributed by atoms with Gasteiger partial charge in [-0.05, 0) is 57.7 Å². The van der Waals surface area contributed by atoms with E-state index in [1.165, 1.54) is 0 Å². The van der Waals surface area contributed by atoms with Crippen molar-refractivity contribution in [2.75, 3.05) is 6.61 Å². The zero-order chi connectivity index (χ0) is 14.0. The summed E-state index contributed by atoms with van der Waals surface area (Å²) in [4.78, 5) is 0. The minimum absolute atomic E-state index is 0.0613. The molecule has 3 heteroatoms. The van der Waals surface area contributed by atoms with Crippen molar-refractivity contribution < 1.29 is 9.13 Å². The largest absolute Gasteiger partial charge is 0.375 e. The lowest BCUT2D eigenvalue weighted by Gasteiger charge is -2.37. The molecule has 19 heavy (non-hydrogen) atoms. The zero-order valence-electron chi connectivity index (χ0n) is 12.3.